The highest BCUT2D eigenvalue weighted by Crippen LogP contribution is 2.68. The van der Waals surface area contributed by atoms with Gasteiger partial charge in [-0.3, -0.25) is 0 Å². The minimum absolute atomic E-state index is 0.108. The van der Waals surface area contributed by atoms with Crippen LogP contribution in [0.4, 0.5) is 0 Å². The second-order valence-electron chi connectivity index (χ2n) is 11.1. The summed E-state index contributed by atoms with van der Waals surface area (Å²) in [5.41, 5.74) is -0.970. The van der Waals surface area contributed by atoms with E-state index in [9.17, 15) is 10.2 Å². The average molecular weight is 409 g/mol. The number of rotatable bonds is 0. The fraction of sp³-hybridized carbons (Fsp3) is 1.00. The van der Waals surface area contributed by atoms with Gasteiger partial charge in [-0.1, -0.05) is 13.8 Å². The van der Waals surface area contributed by atoms with E-state index in [1.54, 1.807) is 0 Å². The Kier molecular flexibility index (Phi) is 4.14. The lowest BCUT2D eigenvalue weighted by Gasteiger charge is -2.63. The van der Waals surface area contributed by atoms with Gasteiger partial charge in [0.25, 0.3) is 0 Å². The van der Waals surface area contributed by atoms with Crippen LogP contribution in [0, 0.1) is 35.0 Å². The first-order valence-corrected chi connectivity index (χ1v) is 11.8. The van der Waals surface area contributed by atoms with E-state index in [0.29, 0.717) is 51.1 Å². The summed E-state index contributed by atoms with van der Waals surface area (Å²) in [5.74, 6) is 0.189. The zero-order valence-electron chi connectivity index (χ0n) is 17.8. The summed E-state index contributed by atoms with van der Waals surface area (Å²) in [7, 11) is 0. The van der Waals surface area contributed by atoms with Crippen molar-refractivity contribution in [3.8, 4) is 0 Å². The summed E-state index contributed by atoms with van der Waals surface area (Å²) < 4.78 is 24.4. The fourth-order valence-corrected chi connectivity index (χ4v) is 8.86. The fourth-order valence-electron chi connectivity index (χ4n) is 8.86. The highest BCUT2D eigenvalue weighted by Gasteiger charge is 2.70. The maximum atomic E-state index is 11.9. The zero-order chi connectivity index (χ0) is 20.1. The molecule has 29 heavy (non-hydrogen) atoms. The quantitative estimate of drug-likeness (QED) is 0.641. The Hall–Kier alpha value is -0.240. The van der Waals surface area contributed by atoms with Gasteiger partial charge in [-0.15, -0.1) is 0 Å². The number of hydrogen-bond donors (Lipinski definition) is 2. The molecule has 2 heterocycles. The van der Waals surface area contributed by atoms with Crippen molar-refractivity contribution in [2.45, 2.75) is 82.1 Å². The van der Waals surface area contributed by atoms with Crippen molar-refractivity contribution in [3.05, 3.63) is 0 Å². The number of aliphatic hydroxyl groups excluding tert-OH is 1. The summed E-state index contributed by atoms with van der Waals surface area (Å²) in [6, 6.07) is 0. The van der Waals surface area contributed by atoms with Gasteiger partial charge in [0.2, 0.25) is 0 Å². The van der Waals surface area contributed by atoms with Crippen molar-refractivity contribution in [1.29, 1.82) is 0 Å². The van der Waals surface area contributed by atoms with Crippen LogP contribution in [0.5, 0.6) is 0 Å². The van der Waals surface area contributed by atoms with Gasteiger partial charge in [0.15, 0.2) is 11.6 Å². The summed E-state index contributed by atoms with van der Waals surface area (Å²) in [5, 5.41) is 23.4. The Morgan fingerprint density at radius 2 is 1.55 bits per heavy atom. The Labute approximate surface area is 173 Å². The maximum Gasteiger partial charge on any atom is 0.174 e. The lowest BCUT2D eigenvalue weighted by molar-refractivity contribution is -0.294. The number of fused-ring (bicyclic) bond motifs is 6. The molecule has 8 atom stereocenters. The molecular weight excluding hydrogens is 372 g/mol. The molecule has 2 saturated heterocycles. The number of hydrogen-bond acceptors (Lipinski definition) is 6. The largest absolute Gasteiger partial charge is 0.393 e. The van der Waals surface area contributed by atoms with Crippen LogP contribution in [0.25, 0.3) is 0 Å². The van der Waals surface area contributed by atoms with E-state index in [-0.39, 0.29) is 23.2 Å². The first kappa shape index (κ1) is 19.4. The molecule has 0 radical (unpaired) electrons. The third-order valence-electron chi connectivity index (χ3n) is 10.1. The normalized spacial score (nSPS) is 55.0. The molecule has 4 saturated carbocycles. The summed E-state index contributed by atoms with van der Waals surface area (Å²) in [6.07, 6.45) is 5.48. The standard InChI is InChI=1S/C23H36O6/c1-14-11-15-16-4-6-23(28-9-10-29-23)20(16,2)12-18(24)19(15)17-3-5-21(13-22(14,17)25)26-7-8-27-21/h14-19,24-25H,3-13H2,1-2H3/t14-,15+,16+,17?,18+,19+,20+,22+/m1/s1. The molecule has 0 aromatic heterocycles. The summed E-state index contributed by atoms with van der Waals surface area (Å²) in [6.45, 7) is 7.04. The minimum atomic E-state index is -0.824. The van der Waals surface area contributed by atoms with Crippen LogP contribution in [0.2, 0.25) is 0 Å². The van der Waals surface area contributed by atoms with Crippen LogP contribution in [0.1, 0.15) is 58.8 Å². The first-order valence-electron chi connectivity index (χ1n) is 11.8. The molecule has 0 aromatic carbocycles. The van der Waals surface area contributed by atoms with Gasteiger partial charge < -0.3 is 29.2 Å². The molecule has 2 N–H and O–H groups in total. The lowest BCUT2D eigenvalue weighted by Crippen LogP contribution is -2.66. The third-order valence-corrected chi connectivity index (χ3v) is 10.1. The smallest absolute Gasteiger partial charge is 0.174 e. The Morgan fingerprint density at radius 3 is 2.28 bits per heavy atom. The first-order chi connectivity index (χ1) is 13.8. The molecule has 2 aliphatic heterocycles. The predicted molar refractivity (Wildman–Crippen MR) is 104 cm³/mol. The zero-order valence-corrected chi connectivity index (χ0v) is 17.8. The van der Waals surface area contributed by atoms with Gasteiger partial charge in [0, 0.05) is 24.7 Å². The van der Waals surface area contributed by atoms with Gasteiger partial charge in [-0.2, -0.15) is 0 Å². The van der Waals surface area contributed by atoms with Crippen LogP contribution < -0.4 is 0 Å². The van der Waals surface area contributed by atoms with E-state index in [0.717, 1.165) is 32.1 Å². The Bertz CT molecular complexity index is 670. The van der Waals surface area contributed by atoms with Crippen LogP contribution >= 0.6 is 0 Å². The van der Waals surface area contributed by atoms with E-state index >= 15 is 0 Å². The van der Waals surface area contributed by atoms with Crippen LogP contribution in [0.3, 0.4) is 0 Å². The molecule has 0 amide bonds. The predicted octanol–water partition coefficient (Wildman–Crippen LogP) is 2.46. The van der Waals surface area contributed by atoms with Gasteiger partial charge >= 0.3 is 0 Å². The summed E-state index contributed by atoms with van der Waals surface area (Å²) in [4.78, 5) is 0. The maximum absolute atomic E-state index is 11.9. The molecule has 6 aliphatic rings. The molecule has 0 aromatic rings. The molecule has 6 heteroatoms. The molecule has 2 spiro atoms. The second kappa shape index (κ2) is 6.17. The van der Waals surface area contributed by atoms with Gasteiger partial charge in [0.1, 0.15) is 0 Å². The molecular formula is C23H36O6. The SMILES string of the molecule is C[C@@H]1C[C@@H]2[C@@H](C3CCC4(C[C@@]31O)OCCO4)[C@@H](O)C[C@@]1(C)[C@H]2CCC12OCCO2. The summed E-state index contributed by atoms with van der Waals surface area (Å²) >= 11 is 0. The topological polar surface area (TPSA) is 77.4 Å². The van der Waals surface area contributed by atoms with Crippen molar-refractivity contribution < 1.29 is 29.2 Å². The lowest BCUT2D eigenvalue weighted by atomic mass is 9.45. The van der Waals surface area contributed by atoms with Crippen LogP contribution in [0.15, 0.2) is 0 Å². The number of ether oxygens (including phenoxy) is 4. The van der Waals surface area contributed by atoms with Gasteiger partial charge in [-0.05, 0) is 55.3 Å². The number of aliphatic hydroxyl groups is 2. The van der Waals surface area contributed by atoms with Crippen molar-refractivity contribution in [2.24, 2.45) is 35.0 Å². The van der Waals surface area contributed by atoms with Crippen molar-refractivity contribution >= 4 is 0 Å². The van der Waals surface area contributed by atoms with Crippen molar-refractivity contribution in [2.75, 3.05) is 26.4 Å². The molecule has 6 nitrogen and oxygen atoms in total. The highest BCUT2D eigenvalue weighted by molar-refractivity contribution is 5.16. The minimum Gasteiger partial charge on any atom is -0.393 e. The third kappa shape index (κ3) is 2.39. The highest BCUT2D eigenvalue weighted by atomic mass is 16.7. The second-order valence-corrected chi connectivity index (χ2v) is 11.1. The Balaban J connectivity index is 1.34. The molecule has 4 aliphatic carbocycles. The van der Waals surface area contributed by atoms with Crippen LogP contribution in [-0.4, -0.2) is 59.9 Å². The van der Waals surface area contributed by atoms with Gasteiger partial charge in [0.05, 0.1) is 38.1 Å². The Morgan fingerprint density at radius 1 is 0.897 bits per heavy atom. The van der Waals surface area contributed by atoms with Crippen molar-refractivity contribution in [1.82, 2.24) is 0 Å². The molecule has 6 rings (SSSR count). The van der Waals surface area contributed by atoms with E-state index in [4.69, 9.17) is 18.9 Å². The van der Waals surface area contributed by atoms with E-state index in [1.807, 2.05) is 0 Å². The average Bonchev–Trinajstić information content (AvgIpc) is 3.38. The molecule has 1 unspecified atom stereocenters. The van der Waals surface area contributed by atoms with Crippen LogP contribution in [-0.2, 0) is 18.9 Å². The van der Waals surface area contributed by atoms with E-state index in [2.05, 4.69) is 13.8 Å². The monoisotopic (exact) mass is 408 g/mol. The van der Waals surface area contributed by atoms with Crippen molar-refractivity contribution in [3.63, 3.8) is 0 Å². The molecule has 164 valence electrons. The van der Waals surface area contributed by atoms with E-state index in [1.165, 1.54) is 0 Å². The van der Waals surface area contributed by atoms with Gasteiger partial charge in [-0.25, -0.2) is 0 Å². The molecule has 6 fully saturated rings. The van der Waals surface area contributed by atoms with E-state index < -0.39 is 23.3 Å². The molecule has 0 bridgehead atoms.